The van der Waals surface area contributed by atoms with Gasteiger partial charge in [-0.25, -0.2) is 12.8 Å². The van der Waals surface area contributed by atoms with E-state index >= 15 is 0 Å². The summed E-state index contributed by atoms with van der Waals surface area (Å²) in [5.41, 5.74) is 1.70. The van der Waals surface area contributed by atoms with E-state index in [0.717, 1.165) is 11.1 Å². The Hall–Kier alpha value is -2.45. The largest absolute Gasteiger partial charge is 0.497 e. The van der Waals surface area contributed by atoms with Crippen LogP contribution in [0.15, 0.2) is 48.5 Å². The molecule has 2 atom stereocenters. The van der Waals surface area contributed by atoms with Crippen molar-refractivity contribution in [3.8, 4) is 5.75 Å². The van der Waals surface area contributed by atoms with Crippen molar-refractivity contribution in [2.75, 3.05) is 25.2 Å². The van der Waals surface area contributed by atoms with Gasteiger partial charge in [0.05, 0.1) is 31.2 Å². The molecule has 0 spiro atoms. The molecule has 6 nitrogen and oxygen atoms in total. The molecule has 0 saturated carbocycles. The lowest BCUT2D eigenvalue weighted by Gasteiger charge is -2.21. The van der Waals surface area contributed by atoms with E-state index in [-0.39, 0.29) is 41.9 Å². The molecule has 1 aliphatic heterocycles. The van der Waals surface area contributed by atoms with E-state index < -0.39 is 9.84 Å². The predicted molar refractivity (Wildman–Crippen MR) is 104 cm³/mol. The first-order valence-electron chi connectivity index (χ1n) is 8.99. The number of carbonyl (C=O) groups is 1. The van der Waals surface area contributed by atoms with Crippen molar-refractivity contribution in [1.29, 1.82) is 0 Å². The summed E-state index contributed by atoms with van der Waals surface area (Å²) in [4.78, 5) is 12.3. The number of ether oxygens (including phenoxy) is 1. The van der Waals surface area contributed by atoms with Crippen LogP contribution in [0.25, 0.3) is 0 Å². The number of nitrogens with one attached hydrogen (secondary N) is 2. The molecule has 1 heterocycles. The van der Waals surface area contributed by atoms with Gasteiger partial charge in [-0.15, -0.1) is 0 Å². The lowest BCUT2D eigenvalue weighted by molar-refractivity contribution is -0.120. The first-order chi connectivity index (χ1) is 13.4. The first-order valence-corrected chi connectivity index (χ1v) is 10.8. The highest BCUT2D eigenvalue weighted by molar-refractivity contribution is 7.91. The van der Waals surface area contributed by atoms with Gasteiger partial charge >= 0.3 is 0 Å². The Kier molecular flexibility index (Phi) is 6.31. The minimum absolute atomic E-state index is 0.00458. The zero-order valence-electron chi connectivity index (χ0n) is 15.5. The molecular formula is C20H23FN2O4S. The maximum atomic E-state index is 13.3. The van der Waals surface area contributed by atoms with E-state index in [2.05, 4.69) is 10.6 Å². The van der Waals surface area contributed by atoms with Crippen molar-refractivity contribution >= 4 is 15.7 Å². The number of benzene rings is 2. The third kappa shape index (κ3) is 5.30. The van der Waals surface area contributed by atoms with E-state index in [0.29, 0.717) is 12.2 Å². The molecule has 0 bridgehead atoms. The van der Waals surface area contributed by atoms with Crippen LogP contribution in [-0.2, 0) is 14.6 Å². The van der Waals surface area contributed by atoms with Crippen LogP contribution in [0, 0.1) is 5.82 Å². The molecule has 1 saturated heterocycles. The molecule has 1 aliphatic rings. The van der Waals surface area contributed by atoms with Crippen molar-refractivity contribution in [1.82, 2.24) is 10.6 Å². The number of hydrogen-bond acceptors (Lipinski definition) is 5. The molecule has 1 fully saturated rings. The van der Waals surface area contributed by atoms with Gasteiger partial charge in [0.2, 0.25) is 5.91 Å². The second kappa shape index (κ2) is 8.70. The molecule has 2 unspecified atom stereocenters. The average Bonchev–Trinajstić information content (AvgIpc) is 3.02. The van der Waals surface area contributed by atoms with Crippen molar-refractivity contribution in [2.45, 2.75) is 18.5 Å². The molecule has 2 aromatic carbocycles. The van der Waals surface area contributed by atoms with Crippen molar-refractivity contribution in [3.05, 3.63) is 65.5 Å². The van der Waals surface area contributed by atoms with Gasteiger partial charge in [-0.1, -0.05) is 24.3 Å². The van der Waals surface area contributed by atoms with Gasteiger partial charge in [0, 0.05) is 6.04 Å². The van der Waals surface area contributed by atoms with Gasteiger partial charge < -0.3 is 10.1 Å². The number of amides is 1. The maximum absolute atomic E-state index is 13.3. The van der Waals surface area contributed by atoms with E-state index in [4.69, 9.17) is 4.74 Å². The Morgan fingerprint density at radius 3 is 2.29 bits per heavy atom. The maximum Gasteiger partial charge on any atom is 0.234 e. The van der Waals surface area contributed by atoms with Crippen LogP contribution < -0.4 is 15.4 Å². The zero-order chi connectivity index (χ0) is 20.1. The van der Waals surface area contributed by atoms with E-state index in [1.54, 1.807) is 19.2 Å². The van der Waals surface area contributed by atoms with Gasteiger partial charge in [-0.3, -0.25) is 10.1 Å². The lowest BCUT2D eigenvalue weighted by Crippen LogP contribution is -2.42. The number of sulfone groups is 1. The molecule has 3 rings (SSSR count). The molecule has 8 heteroatoms. The van der Waals surface area contributed by atoms with Crippen LogP contribution in [0.1, 0.15) is 23.6 Å². The Labute approximate surface area is 164 Å². The highest BCUT2D eigenvalue weighted by atomic mass is 32.2. The van der Waals surface area contributed by atoms with Crippen LogP contribution in [0.3, 0.4) is 0 Å². The van der Waals surface area contributed by atoms with Crippen molar-refractivity contribution < 1.29 is 22.3 Å². The number of halogens is 1. The summed E-state index contributed by atoms with van der Waals surface area (Å²) < 4.78 is 41.5. The van der Waals surface area contributed by atoms with E-state index in [1.807, 2.05) is 24.3 Å². The second-order valence-corrected chi connectivity index (χ2v) is 9.03. The van der Waals surface area contributed by atoms with Gasteiger partial charge in [0.15, 0.2) is 9.84 Å². The van der Waals surface area contributed by atoms with Crippen LogP contribution in [0.2, 0.25) is 0 Å². The summed E-state index contributed by atoms with van der Waals surface area (Å²) in [5.74, 6) is 0.190. The van der Waals surface area contributed by atoms with Gasteiger partial charge in [-0.05, 0) is 41.8 Å². The first kappa shape index (κ1) is 20.3. The second-order valence-electron chi connectivity index (χ2n) is 6.81. The predicted octanol–water partition coefficient (Wildman–Crippen LogP) is 1.82. The number of carbonyl (C=O) groups excluding carboxylic acids is 1. The van der Waals surface area contributed by atoms with Crippen molar-refractivity contribution in [3.63, 3.8) is 0 Å². The minimum Gasteiger partial charge on any atom is -0.497 e. The number of hydrogen-bond donors (Lipinski definition) is 2. The quantitative estimate of drug-likeness (QED) is 0.733. The molecule has 0 aliphatic carbocycles. The SMILES string of the molecule is COc1ccc(C(NCC(=O)NC2CCS(=O)(=O)C2)c2ccc(F)cc2)cc1. The molecule has 2 aromatic rings. The Bertz CT molecular complexity index is 914. The Balaban J connectivity index is 1.70. The number of rotatable bonds is 7. The fourth-order valence-electron chi connectivity index (χ4n) is 3.26. The van der Waals surface area contributed by atoms with Crippen molar-refractivity contribution in [2.24, 2.45) is 0 Å². The van der Waals surface area contributed by atoms with Crippen LogP contribution >= 0.6 is 0 Å². The molecule has 2 N–H and O–H groups in total. The molecule has 150 valence electrons. The third-order valence-corrected chi connectivity index (χ3v) is 6.48. The summed E-state index contributed by atoms with van der Waals surface area (Å²) in [6, 6.07) is 12.8. The van der Waals surface area contributed by atoms with E-state index in [9.17, 15) is 17.6 Å². The van der Waals surface area contributed by atoms with Crippen LogP contribution in [-0.4, -0.2) is 45.5 Å². The molecule has 1 amide bonds. The Morgan fingerprint density at radius 2 is 1.75 bits per heavy atom. The summed E-state index contributed by atoms with van der Waals surface area (Å²) in [6.07, 6.45) is 0.438. The highest BCUT2D eigenvalue weighted by Crippen LogP contribution is 2.24. The lowest BCUT2D eigenvalue weighted by atomic mass is 9.98. The van der Waals surface area contributed by atoms with Gasteiger partial charge in [0.25, 0.3) is 0 Å². The topological polar surface area (TPSA) is 84.5 Å². The molecule has 0 aromatic heterocycles. The van der Waals surface area contributed by atoms with E-state index in [1.165, 1.54) is 12.1 Å². The monoisotopic (exact) mass is 406 g/mol. The minimum atomic E-state index is -3.05. The standard InChI is InChI=1S/C20H23FN2O4S/c1-27-18-8-4-15(5-9-18)20(14-2-6-16(21)7-3-14)22-12-19(24)23-17-10-11-28(25,26)13-17/h2-9,17,20,22H,10-13H2,1H3,(H,23,24). The van der Waals surface area contributed by atoms with Crippen LogP contribution in [0.4, 0.5) is 4.39 Å². The number of methoxy groups -OCH3 is 1. The van der Waals surface area contributed by atoms with Gasteiger partial charge in [-0.2, -0.15) is 0 Å². The zero-order valence-corrected chi connectivity index (χ0v) is 16.3. The molecule has 0 radical (unpaired) electrons. The molecule has 28 heavy (non-hydrogen) atoms. The normalized spacial score (nSPS) is 19.1. The smallest absolute Gasteiger partial charge is 0.234 e. The Morgan fingerprint density at radius 1 is 1.14 bits per heavy atom. The van der Waals surface area contributed by atoms with Crippen LogP contribution in [0.5, 0.6) is 5.75 Å². The average molecular weight is 406 g/mol. The highest BCUT2D eigenvalue weighted by Gasteiger charge is 2.29. The summed E-state index contributed by atoms with van der Waals surface area (Å²) >= 11 is 0. The fourth-order valence-corrected chi connectivity index (χ4v) is 4.94. The summed E-state index contributed by atoms with van der Waals surface area (Å²) in [6.45, 7) is 0.00458. The van der Waals surface area contributed by atoms with Gasteiger partial charge in [0.1, 0.15) is 11.6 Å². The molecular weight excluding hydrogens is 383 g/mol. The fraction of sp³-hybridized carbons (Fsp3) is 0.350. The summed E-state index contributed by atoms with van der Waals surface area (Å²) in [5, 5.41) is 5.94. The third-order valence-electron chi connectivity index (χ3n) is 4.72. The summed E-state index contributed by atoms with van der Waals surface area (Å²) in [7, 11) is -1.47.